The zero-order valence-corrected chi connectivity index (χ0v) is 18.6. The van der Waals surface area contributed by atoms with Gasteiger partial charge in [0.15, 0.2) is 0 Å². The highest BCUT2D eigenvalue weighted by molar-refractivity contribution is 7.89. The molecule has 3 rings (SSSR count). The van der Waals surface area contributed by atoms with E-state index in [1.54, 1.807) is 18.2 Å². The summed E-state index contributed by atoms with van der Waals surface area (Å²) >= 11 is 5.98. The number of nitrogens with one attached hydrogen (secondary N) is 1. The van der Waals surface area contributed by atoms with Crippen molar-refractivity contribution in [1.29, 1.82) is 0 Å². The second-order valence-electron chi connectivity index (χ2n) is 8.22. The lowest BCUT2D eigenvalue weighted by molar-refractivity contribution is -0.136. The summed E-state index contributed by atoms with van der Waals surface area (Å²) < 4.78 is 27.5. The van der Waals surface area contributed by atoms with Crippen molar-refractivity contribution in [3.8, 4) is 0 Å². The van der Waals surface area contributed by atoms with Crippen LogP contribution in [-0.2, 0) is 14.8 Å². The Morgan fingerprint density at radius 1 is 1.25 bits per heavy atom. The average molecular weight is 428 g/mol. The van der Waals surface area contributed by atoms with Gasteiger partial charge in [-0.3, -0.25) is 10.1 Å². The van der Waals surface area contributed by atoms with Crippen LogP contribution in [0.25, 0.3) is 0 Å². The molecule has 1 aromatic rings. The molecule has 1 N–H and O–H groups in total. The molecular weight excluding hydrogens is 398 g/mol. The molecule has 28 heavy (non-hydrogen) atoms. The number of carbonyl (C=O) groups excluding carboxylic acids is 1. The van der Waals surface area contributed by atoms with E-state index in [2.05, 4.69) is 19.2 Å². The first-order valence-electron chi connectivity index (χ1n) is 9.99. The van der Waals surface area contributed by atoms with Gasteiger partial charge < -0.3 is 4.90 Å². The Bertz CT molecular complexity index is 835. The van der Waals surface area contributed by atoms with Gasteiger partial charge in [0.05, 0.1) is 16.6 Å². The van der Waals surface area contributed by atoms with Crippen LogP contribution in [0.15, 0.2) is 29.2 Å². The van der Waals surface area contributed by atoms with Crippen molar-refractivity contribution in [2.45, 2.75) is 69.6 Å². The van der Waals surface area contributed by atoms with E-state index in [4.69, 9.17) is 11.6 Å². The maximum absolute atomic E-state index is 13.1. The van der Waals surface area contributed by atoms with E-state index in [1.165, 1.54) is 10.4 Å². The van der Waals surface area contributed by atoms with Crippen molar-refractivity contribution in [2.75, 3.05) is 13.1 Å². The molecule has 8 heteroatoms. The summed E-state index contributed by atoms with van der Waals surface area (Å²) in [7, 11) is -3.60. The fraction of sp³-hybridized carbons (Fsp3) is 0.650. The molecule has 0 radical (unpaired) electrons. The van der Waals surface area contributed by atoms with Crippen molar-refractivity contribution >= 4 is 27.5 Å². The zero-order chi connectivity index (χ0) is 20.7. The number of hydrogen-bond acceptors (Lipinski definition) is 4. The Morgan fingerprint density at radius 3 is 2.43 bits per heavy atom. The van der Waals surface area contributed by atoms with Crippen molar-refractivity contribution in [3.05, 3.63) is 29.3 Å². The van der Waals surface area contributed by atoms with Crippen molar-refractivity contribution in [2.24, 2.45) is 5.92 Å². The van der Waals surface area contributed by atoms with E-state index in [0.717, 1.165) is 6.42 Å². The molecule has 1 aromatic carbocycles. The lowest BCUT2D eigenvalue weighted by atomic mass is 9.95. The molecule has 6 nitrogen and oxygen atoms in total. The van der Waals surface area contributed by atoms with Crippen molar-refractivity contribution in [3.63, 3.8) is 0 Å². The first-order valence-corrected chi connectivity index (χ1v) is 11.8. The van der Waals surface area contributed by atoms with Crippen LogP contribution in [0.5, 0.6) is 0 Å². The highest BCUT2D eigenvalue weighted by Crippen LogP contribution is 2.37. The summed E-state index contributed by atoms with van der Waals surface area (Å²) in [4.78, 5) is 15.3. The van der Waals surface area contributed by atoms with Crippen LogP contribution in [0.3, 0.4) is 0 Å². The predicted octanol–water partition coefficient (Wildman–Crippen LogP) is 3.08. The van der Waals surface area contributed by atoms with Gasteiger partial charge >= 0.3 is 0 Å². The molecule has 0 aliphatic carbocycles. The van der Waals surface area contributed by atoms with Crippen LogP contribution in [0.1, 0.15) is 47.0 Å². The van der Waals surface area contributed by atoms with E-state index in [1.807, 2.05) is 18.7 Å². The largest absolute Gasteiger partial charge is 0.320 e. The molecule has 2 aliphatic heterocycles. The minimum Gasteiger partial charge on any atom is -0.320 e. The standard InChI is InChI=1S/C20H30ClN3O3S/c1-5-15(4)24-19(25)18(14(2)3)22-20(24)9-11-23(12-10-20)28(26,27)17-8-6-7-16(21)13-17/h6-8,13-15,18,22H,5,9-12H2,1-4H3/t15-,18-/m0/s1. The molecule has 2 fully saturated rings. The number of sulfonamides is 1. The number of amides is 1. The van der Waals surface area contributed by atoms with Gasteiger partial charge in [-0.15, -0.1) is 0 Å². The van der Waals surface area contributed by atoms with Gasteiger partial charge in [-0.2, -0.15) is 4.31 Å². The van der Waals surface area contributed by atoms with Crippen LogP contribution < -0.4 is 5.32 Å². The summed E-state index contributed by atoms with van der Waals surface area (Å²) in [6.07, 6.45) is 2.02. The number of halogens is 1. The SMILES string of the molecule is CC[C@H](C)N1C(=O)[C@H](C(C)C)NC12CCN(S(=O)(=O)c1cccc(Cl)c1)CC2. The second kappa shape index (κ2) is 7.94. The summed E-state index contributed by atoms with van der Waals surface area (Å²) in [5, 5.41) is 3.98. The molecule has 2 aliphatic rings. The molecule has 0 aromatic heterocycles. The number of carbonyl (C=O) groups is 1. The van der Waals surface area contributed by atoms with Gasteiger partial charge in [-0.25, -0.2) is 8.42 Å². The molecule has 0 bridgehead atoms. The summed E-state index contributed by atoms with van der Waals surface area (Å²) in [6.45, 7) is 8.97. The van der Waals surface area contributed by atoms with E-state index in [9.17, 15) is 13.2 Å². The Morgan fingerprint density at radius 2 is 1.89 bits per heavy atom. The third-order valence-electron chi connectivity index (χ3n) is 6.07. The monoisotopic (exact) mass is 427 g/mol. The number of nitrogens with zero attached hydrogens (tertiary/aromatic N) is 2. The highest BCUT2D eigenvalue weighted by atomic mass is 35.5. The summed E-state index contributed by atoms with van der Waals surface area (Å²) in [6, 6.07) is 6.26. The second-order valence-corrected chi connectivity index (χ2v) is 10.6. The molecular formula is C20H30ClN3O3S. The van der Waals surface area contributed by atoms with E-state index in [-0.39, 0.29) is 28.8 Å². The van der Waals surface area contributed by atoms with Crippen molar-refractivity contribution in [1.82, 2.24) is 14.5 Å². The quantitative estimate of drug-likeness (QED) is 0.783. The van der Waals surface area contributed by atoms with Crippen LogP contribution in [0.4, 0.5) is 0 Å². The topological polar surface area (TPSA) is 69.7 Å². The van der Waals surface area contributed by atoms with Crippen LogP contribution in [0, 0.1) is 5.92 Å². The van der Waals surface area contributed by atoms with Crippen LogP contribution >= 0.6 is 11.6 Å². The zero-order valence-electron chi connectivity index (χ0n) is 17.0. The first-order chi connectivity index (χ1) is 13.1. The third kappa shape index (κ3) is 3.70. The maximum Gasteiger partial charge on any atom is 0.243 e. The minimum atomic E-state index is -3.60. The Hall–Kier alpha value is -1.15. The van der Waals surface area contributed by atoms with Gasteiger partial charge in [0, 0.05) is 24.2 Å². The molecule has 0 unspecified atom stereocenters. The molecule has 1 spiro atoms. The van der Waals surface area contributed by atoms with Gasteiger partial charge in [0.25, 0.3) is 0 Å². The molecule has 2 heterocycles. The fourth-order valence-corrected chi connectivity index (χ4v) is 6.06. The van der Waals surface area contributed by atoms with E-state index in [0.29, 0.717) is 31.0 Å². The lowest BCUT2D eigenvalue weighted by Gasteiger charge is -2.46. The van der Waals surface area contributed by atoms with Gasteiger partial charge in [0.2, 0.25) is 15.9 Å². The van der Waals surface area contributed by atoms with Gasteiger partial charge in [-0.1, -0.05) is 38.4 Å². The smallest absolute Gasteiger partial charge is 0.243 e. The third-order valence-corrected chi connectivity index (χ3v) is 8.20. The van der Waals surface area contributed by atoms with Crippen LogP contribution in [0.2, 0.25) is 5.02 Å². The molecule has 2 atom stereocenters. The fourth-order valence-electron chi connectivity index (χ4n) is 4.31. The van der Waals surface area contributed by atoms with Gasteiger partial charge in [0.1, 0.15) is 0 Å². The van der Waals surface area contributed by atoms with E-state index >= 15 is 0 Å². The Labute approximate surface area is 173 Å². The number of benzene rings is 1. The van der Waals surface area contributed by atoms with Gasteiger partial charge in [-0.05, 0) is 50.3 Å². The normalized spacial score (nSPS) is 24.3. The molecule has 0 saturated carbocycles. The Balaban J connectivity index is 1.83. The summed E-state index contributed by atoms with van der Waals surface area (Å²) in [5.41, 5.74) is -0.470. The van der Waals surface area contributed by atoms with Crippen molar-refractivity contribution < 1.29 is 13.2 Å². The number of hydrogen-bond donors (Lipinski definition) is 1. The highest BCUT2D eigenvalue weighted by Gasteiger charge is 2.54. The first kappa shape index (κ1) is 21.6. The maximum atomic E-state index is 13.1. The molecule has 1 amide bonds. The molecule has 156 valence electrons. The Kier molecular flexibility index (Phi) is 6.11. The average Bonchev–Trinajstić information content (AvgIpc) is 2.93. The minimum absolute atomic E-state index is 0.111. The summed E-state index contributed by atoms with van der Waals surface area (Å²) in [5.74, 6) is 0.321. The number of rotatable bonds is 5. The number of piperidine rings is 1. The molecule has 2 saturated heterocycles. The van der Waals surface area contributed by atoms with E-state index < -0.39 is 15.7 Å². The predicted molar refractivity (Wildman–Crippen MR) is 111 cm³/mol. The van der Waals surface area contributed by atoms with Crippen LogP contribution in [-0.4, -0.2) is 54.4 Å². The lowest BCUT2D eigenvalue weighted by Crippen LogP contribution is -2.61.